The van der Waals surface area contributed by atoms with Crippen LogP contribution in [0.3, 0.4) is 0 Å². The third kappa shape index (κ3) is 8.32. The van der Waals surface area contributed by atoms with Gasteiger partial charge in [-0.15, -0.1) is 0 Å². The van der Waals surface area contributed by atoms with Crippen LogP contribution in [0.2, 0.25) is 0 Å². The fourth-order valence-corrected chi connectivity index (χ4v) is 4.88. The van der Waals surface area contributed by atoms with Crippen LogP contribution < -0.4 is 5.32 Å². The first kappa shape index (κ1) is 29.2. The first-order valence-corrected chi connectivity index (χ1v) is 13.8. The van der Waals surface area contributed by atoms with Gasteiger partial charge in [0.1, 0.15) is 0 Å². The lowest BCUT2D eigenvalue weighted by Crippen LogP contribution is -2.33. The van der Waals surface area contributed by atoms with E-state index in [0.717, 1.165) is 38.9 Å². The molecule has 0 aromatic heterocycles. The van der Waals surface area contributed by atoms with E-state index in [1.54, 1.807) is 0 Å². The highest BCUT2D eigenvalue weighted by molar-refractivity contribution is 5.83. The van der Waals surface area contributed by atoms with Crippen LogP contribution in [0.1, 0.15) is 54.2 Å². The standard InChI is InChI=1S/C34H44N4/c1-6-28-13-7-10-17-32(28)25-38-26-34(3,22-30-15-9-12-16-31(30)23-36-5)27(2)21-29-14-8-11-18-33(29)24-37-20-19-35-4/h7-18,23-25,27,35H,6,19-22,26H2,1-5H3/t27-,34-/m1/s1. The minimum Gasteiger partial charge on any atom is -0.318 e. The van der Waals surface area contributed by atoms with Crippen LogP contribution in [0, 0.1) is 11.3 Å². The number of nitrogens with zero attached hydrogens (tertiary/aromatic N) is 3. The second-order valence-corrected chi connectivity index (χ2v) is 10.4. The van der Waals surface area contributed by atoms with Gasteiger partial charge in [0.2, 0.25) is 0 Å². The van der Waals surface area contributed by atoms with Gasteiger partial charge < -0.3 is 5.32 Å². The van der Waals surface area contributed by atoms with Gasteiger partial charge in [0.15, 0.2) is 0 Å². The number of hydrogen-bond donors (Lipinski definition) is 1. The van der Waals surface area contributed by atoms with Gasteiger partial charge in [-0.2, -0.15) is 0 Å². The number of likely N-dealkylation sites (N-methyl/N-ethyl adjacent to an activating group) is 1. The van der Waals surface area contributed by atoms with E-state index in [-0.39, 0.29) is 5.41 Å². The van der Waals surface area contributed by atoms with E-state index >= 15 is 0 Å². The van der Waals surface area contributed by atoms with Crippen molar-refractivity contribution in [2.45, 2.75) is 40.0 Å². The number of aryl methyl sites for hydroxylation is 1. The Kier molecular flexibility index (Phi) is 11.6. The Balaban J connectivity index is 1.91. The van der Waals surface area contributed by atoms with Crippen LogP contribution in [-0.4, -0.2) is 52.4 Å². The van der Waals surface area contributed by atoms with E-state index in [0.29, 0.717) is 5.92 Å². The molecule has 3 aromatic carbocycles. The minimum absolute atomic E-state index is 0.0499. The molecule has 0 heterocycles. The van der Waals surface area contributed by atoms with E-state index in [9.17, 15) is 0 Å². The van der Waals surface area contributed by atoms with Crippen molar-refractivity contribution in [2.24, 2.45) is 26.3 Å². The molecule has 0 saturated carbocycles. The second kappa shape index (κ2) is 15.1. The molecule has 200 valence electrons. The summed E-state index contributed by atoms with van der Waals surface area (Å²) in [4.78, 5) is 14.0. The lowest BCUT2D eigenvalue weighted by molar-refractivity contribution is 0.209. The van der Waals surface area contributed by atoms with Gasteiger partial charge in [0, 0.05) is 38.8 Å². The summed E-state index contributed by atoms with van der Waals surface area (Å²) in [7, 11) is 3.79. The zero-order valence-corrected chi connectivity index (χ0v) is 23.8. The van der Waals surface area contributed by atoms with Crippen molar-refractivity contribution in [3.8, 4) is 0 Å². The van der Waals surface area contributed by atoms with Gasteiger partial charge >= 0.3 is 0 Å². The first-order chi connectivity index (χ1) is 18.5. The molecule has 0 bridgehead atoms. The second-order valence-electron chi connectivity index (χ2n) is 10.4. The van der Waals surface area contributed by atoms with Crippen molar-refractivity contribution in [2.75, 3.05) is 33.7 Å². The van der Waals surface area contributed by atoms with Gasteiger partial charge in [-0.1, -0.05) is 93.6 Å². The van der Waals surface area contributed by atoms with Crippen molar-refractivity contribution >= 4 is 18.6 Å². The summed E-state index contributed by atoms with van der Waals surface area (Å²) in [6.07, 6.45) is 8.98. The van der Waals surface area contributed by atoms with E-state index in [1.165, 1.54) is 33.4 Å². The van der Waals surface area contributed by atoms with E-state index in [2.05, 4.69) is 115 Å². The molecule has 0 aliphatic carbocycles. The van der Waals surface area contributed by atoms with Crippen molar-refractivity contribution in [3.05, 3.63) is 106 Å². The summed E-state index contributed by atoms with van der Waals surface area (Å²) in [5.41, 5.74) is 7.55. The van der Waals surface area contributed by atoms with Crippen LogP contribution in [-0.2, 0) is 19.3 Å². The molecule has 0 aliphatic heterocycles. The molecular formula is C34H44N4. The fourth-order valence-electron chi connectivity index (χ4n) is 4.88. The maximum Gasteiger partial charge on any atom is 0.0514 e. The predicted octanol–water partition coefficient (Wildman–Crippen LogP) is 6.48. The Bertz CT molecular complexity index is 1230. The summed E-state index contributed by atoms with van der Waals surface area (Å²) >= 11 is 0. The smallest absolute Gasteiger partial charge is 0.0514 e. The number of benzene rings is 3. The molecule has 0 saturated heterocycles. The fraction of sp³-hybridized carbons (Fsp3) is 0.382. The number of hydrogen-bond acceptors (Lipinski definition) is 4. The average molecular weight is 509 g/mol. The van der Waals surface area contributed by atoms with Crippen molar-refractivity contribution in [1.82, 2.24) is 5.32 Å². The molecule has 0 fully saturated rings. The Morgan fingerprint density at radius 1 is 0.789 bits per heavy atom. The van der Waals surface area contributed by atoms with Crippen molar-refractivity contribution in [1.29, 1.82) is 0 Å². The summed E-state index contributed by atoms with van der Waals surface area (Å²) in [5.74, 6) is 0.388. The van der Waals surface area contributed by atoms with Crippen LogP contribution in [0.5, 0.6) is 0 Å². The highest BCUT2D eigenvalue weighted by Crippen LogP contribution is 2.35. The van der Waals surface area contributed by atoms with E-state index in [4.69, 9.17) is 4.99 Å². The number of aliphatic imine (C=N–C) groups is 3. The Labute approximate surface area is 230 Å². The molecule has 4 nitrogen and oxygen atoms in total. The molecule has 0 unspecified atom stereocenters. The molecule has 3 rings (SSSR count). The Morgan fingerprint density at radius 2 is 1.34 bits per heavy atom. The molecule has 0 radical (unpaired) electrons. The molecule has 1 N–H and O–H groups in total. The largest absolute Gasteiger partial charge is 0.318 e. The third-order valence-electron chi connectivity index (χ3n) is 7.53. The zero-order valence-electron chi connectivity index (χ0n) is 23.8. The van der Waals surface area contributed by atoms with E-state index in [1.807, 2.05) is 26.5 Å². The van der Waals surface area contributed by atoms with Gasteiger partial charge in [0.05, 0.1) is 6.54 Å². The summed E-state index contributed by atoms with van der Waals surface area (Å²) in [5, 5.41) is 3.16. The zero-order chi connectivity index (χ0) is 27.2. The quantitative estimate of drug-likeness (QED) is 0.197. The summed E-state index contributed by atoms with van der Waals surface area (Å²) in [6.45, 7) is 9.38. The highest BCUT2D eigenvalue weighted by atomic mass is 14.9. The Hall–Kier alpha value is -3.37. The summed E-state index contributed by atoms with van der Waals surface area (Å²) in [6, 6.07) is 25.8. The molecule has 3 aromatic rings. The monoisotopic (exact) mass is 508 g/mol. The van der Waals surface area contributed by atoms with Crippen molar-refractivity contribution < 1.29 is 0 Å². The molecule has 0 aliphatic rings. The molecular weight excluding hydrogens is 464 g/mol. The molecule has 4 heteroatoms. The molecule has 0 amide bonds. The number of rotatable bonds is 14. The lowest BCUT2D eigenvalue weighted by atomic mass is 9.70. The summed E-state index contributed by atoms with van der Waals surface area (Å²) < 4.78 is 0. The maximum absolute atomic E-state index is 5.06. The molecule has 0 spiro atoms. The van der Waals surface area contributed by atoms with Crippen molar-refractivity contribution in [3.63, 3.8) is 0 Å². The Morgan fingerprint density at radius 3 is 1.97 bits per heavy atom. The maximum atomic E-state index is 5.06. The van der Waals surface area contributed by atoms with Gasteiger partial charge in [-0.3, -0.25) is 15.0 Å². The highest BCUT2D eigenvalue weighted by Gasteiger charge is 2.32. The van der Waals surface area contributed by atoms with Gasteiger partial charge in [-0.05, 0) is 71.0 Å². The van der Waals surface area contributed by atoms with E-state index < -0.39 is 0 Å². The molecule has 38 heavy (non-hydrogen) atoms. The predicted molar refractivity (Wildman–Crippen MR) is 166 cm³/mol. The van der Waals surface area contributed by atoms with Crippen LogP contribution >= 0.6 is 0 Å². The van der Waals surface area contributed by atoms with Crippen LogP contribution in [0.25, 0.3) is 0 Å². The van der Waals surface area contributed by atoms with Crippen LogP contribution in [0.4, 0.5) is 0 Å². The first-order valence-electron chi connectivity index (χ1n) is 13.8. The normalized spacial score (nSPS) is 14.4. The average Bonchev–Trinajstić information content (AvgIpc) is 2.93. The molecule has 2 atom stereocenters. The third-order valence-corrected chi connectivity index (χ3v) is 7.53. The minimum atomic E-state index is -0.0499. The van der Waals surface area contributed by atoms with Crippen LogP contribution in [0.15, 0.2) is 87.8 Å². The SMILES string of the molecule is CCc1ccccc1C=NC[C@@](C)(Cc1ccccc1C=NC)[C@H](C)Cc1ccccc1C=NCCNC. The topological polar surface area (TPSA) is 49.1 Å². The van der Waals surface area contributed by atoms with Gasteiger partial charge in [-0.25, -0.2) is 0 Å². The lowest BCUT2D eigenvalue weighted by Gasteiger charge is -2.35. The number of nitrogens with one attached hydrogen (secondary N) is 1. The van der Waals surface area contributed by atoms with Gasteiger partial charge in [0.25, 0.3) is 0 Å².